The number of nitrogens with one attached hydrogen (secondary N) is 2. The number of hydrogen-bond donors (Lipinski definition) is 2. The van der Waals surface area contributed by atoms with Gasteiger partial charge in [-0.15, -0.1) is 0 Å². The molecule has 0 saturated carbocycles. The SMILES string of the molecule is COC(=O)/C=C(/Nc1ccc(C(=O)Nc2ccc(OC)cc2)cc1)C(=O)OC. The highest BCUT2D eigenvalue weighted by Gasteiger charge is 2.13. The molecule has 0 saturated heterocycles. The van der Waals surface area contributed by atoms with Crippen molar-refractivity contribution in [2.45, 2.75) is 0 Å². The predicted octanol–water partition coefficient (Wildman–Crippen LogP) is 2.59. The summed E-state index contributed by atoms with van der Waals surface area (Å²) in [6.45, 7) is 0. The van der Waals surface area contributed by atoms with Gasteiger partial charge in [0, 0.05) is 16.9 Å². The van der Waals surface area contributed by atoms with Crippen molar-refractivity contribution in [2.75, 3.05) is 32.0 Å². The molecule has 28 heavy (non-hydrogen) atoms. The summed E-state index contributed by atoms with van der Waals surface area (Å²) < 4.78 is 14.2. The van der Waals surface area contributed by atoms with E-state index in [1.807, 2.05) is 0 Å². The van der Waals surface area contributed by atoms with Gasteiger partial charge in [0.15, 0.2) is 0 Å². The van der Waals surface area contributed by atoms with E-state index in [2.05, 4.69) is 20.1 Å². The molecule has 0 bridgehead atoms. The third kappa shape index (κ3) is 5.60. The van der Waals surface area contributed by atoms with Gasteiger partial charge in [-0.3, -0.25) is 4.79 Å². The summed E-state index contributed by atoms with van der Waals surface area (Å²) in [5.41, 5.74) is 1.44. The van der Waals surface area contributed by atoms with Crippen molar-refractivity contribution in [1.29, 1.82) is 0 Å². The molecule has 8 nitrogen and oxygen atoms in total. The lowest BCUT2D eigenvalue weighted by atomic mass is 10.2. The van der Waals surface area contributed by atoms with E-state index >= 15 is 0 Å². The molecule has 0 fully saturated rings. The molecule has 0 radical (unpaired) electrons. The van der Waals surface area contributed by atoms with Gasteiger partial charge in [0.25, 0.3) is 5.91 Å². The number of amides is 1. The van der Waals surface area contributed by atoms with Crippen LogP contribution in [0.3, 0.4) is 0 Å². The summed E-state index contributed by atoms with van der Waals surface area (Å²) >= 11 is 0. The second-order valence-electron chi connectivity index (χ2n) is 5.46. The van der Waals surface area contributed by atoms with Crippen molar-refractivity contribution in [3.05, 3.63) is 65.9 Å². The van der Waals surface area contributed by atoms with Gasteiger partial charge in [-0.1, -0.05) is 0 Å². The maximum atomic E-state index is 12.3. The van der Waals surface area contributed by atoms with Crippen molar-refractivity contribution >= 4 is 29.2 Å². The first kappa shape index (κ1) is 20.5. The molecule has 146 valence electrons. The Labute approximate surface area is 162 Å². The Morgan fingerprint density at radius 1 is 0.786 bits per heavy atom. The second kappa shape index (κ2) is 9.77. The summed E-state index contributed by atoms with van der Waals surface area (Å²) in [4.78, 5) is 35.5. The van der Waals surface area contributed by atoms with Gasteiger partial charge in [-0.2, -0.15) is 0 Å². The normalized spacial score (nSPS) is 10.6. The molecule has 0 aliphatic carbocycles. The third-order valence-electron chi connectivity index (χ3n) is 3.64. The van der Waals surface area contributed by atoms with E-state index in [4.69, 9.17) is 4.74 Å². The molecule has 0 heterocycles. The average molecular weight is 384 g/mol. The molecule has 0 atom stereocenters. The third-order valence-corrected chi connectivity index (χ3v) is 3.64. The number of carbonyl (C=O) groups is 3. The Morgan fingerprint density at radius 3 is 1.89 bits per heavy atom. The summed E-state index contributed by atoms with van der Waals surface area (Å²) in [6, 6.07) is 13.3. The van der Waals surface area contributed by atoms with Crippen LogP contribution in [0.1, 0.15) is 10.4 Å². The van der Waals surface area contributed by atoms with Crippen LogP contribution in [-0.2, 0) is 19.1 Å². The minimum absolute atomic E-state index is 0.0928. The van der Waals surface area contributed by atoms with Crippen LogP contribution in [0.2, 0.25) is 0 Å². The molecule has 0 unspecified atom stereocenters. The fourth-order valence-electron chi connectivity index (χ4n) is 2.17. The Hall–Kier alpha value is -3.81. The maximum absolute atomic E-state index is 12.3. The second-order valence-corrected chi connectivity index (χ2v) is 5.46. The van der Waals surface area contributed by atoms with Crippen molar-refractivity contribution in [2.24, 2.45) is 0 Å². The highest BCUT2D eigenvalue weighted by atomic mass is 16.5. The zero-order valence-corrected chi connectivity index (χ0v) is 15.6. The minimum Gasteiger partial charge on any atom is -0.497 e. The van der Waals surface area contributed by atoms with Crippen LogP contribution in [0.4, 0.5) is 11.4 Å². The van der Waals surface area contributed by atoms with Gasteiger partial charge in [0.05, 0.1) is 27.4 Å². The van der Waals surface area contributed by atoms with Crippen LogP contribution in [0.5, 0.6) is 5.75 Å². The molecule has 0 aliphatic rings. The number of esters is 2. The van der Waals surface area contributed by atoms with Crippen LogP contribution in [-0.4, -0.2) is 39.2 Å². The summed E-state index contributed by atoms with van der Waals surface area (Å²) in [5, 5.41) is 5.53. The number of hydrogen-bond acceptors (Lipinski definition) is 7. The van der Waals surface area contributed by atoms with Crippen molar-refractivity contribution in [3.8, 4) is 5.75 Å². The number of anilines is 2. The largest absolute Gasteiger partial charge is 0.497 e. The number of rotatable bonds is 7. The number of carbonyl (C=O) groups excluding carboxylic acids is 3. The van der Waals surface area contributed by atoms with E-state index in [0.29, 0.717) is 22.7 Å². The van der Waals surface area contributed by atoms with E-state index in [9.17, 15) is 14.4 Å². The first-order valence-corrected chi connectivity index (χ1v) is 8.17. The van der Waals surface area contributed by atoms with Crippen molar-refractivity contribution in [3.63, 3.8) is 0 Å². The molecule has 0 spiro atoms. The monoisotopic (exact) mass is 384 g/mol. The lowest BCUT2D eigenvalue weighted by Gasteiger charge is -2.10. The average Bonchev–Trinajstić information content (AvgIpc) is 2.73. The van der Waals surface area contributed by atoms with E-state index in [1.165, 1.54) is 14.2 Å². The smallest absolute Gasteiger partial charge is 0.354 e. The van der Waals surface area contributed by atoms with E-state index < -0.39 is 11.9 Å². The molecule has 0 aromatic heterocycles. The molecule has 2 aromatic rings. The van der Waals surface area contributed by atoms with Gasteiger partial charge in [0.2, 0.25) is 0 Å². The summed E-state index contributed by atoms with van der Waals surface area (Å²) in [6.07, 6.45) is 0.982. The van der Waals surface area contributed by atoms with Crippen LogP contribution in [0.25, 0.3) is 0 Å². The Balaban J connectivity index is 2.08. The maximum Gasteiger partial charge on any atom is 0.354 e. The van der Waals surface area contributed by atoms with Gasteiger partial charge < -0.3 is 24.8 Å². The highest BCUT2D eigenvalue weighted by Crippen LogP contribution is 2.17. The fraction of sp³-hybridized carbons (Fsp3) is 0.150. The van der Waals surface area contributed by atoms with E-state index in [-0.39, 0.29) is 11.6 Å². The van der Waals surface area contributed by atoms with Crippen molar-refractivity contribution < 1.29 is 28.6 Å². The first-order chi connectivity index (χ1) is 13.5. The molecular formula is C20H20N2O6. The van der Waals surface area contributed by atoms with Gasteiger partial charge in [-0.05, 0) is 48.5 Å². The lowest BCUT2D eigenvalue weighted by molar-refractivity contribution is -0.138. The standard InChI is InChI=1S/C20H20N2O6/c1-26-16-10-8-15(9-11-16)22-19(24)13-4-6-14(7-5-13)21-17(20(25)28-3)12-18(23)27-2/h4-12,21H,1-3H3,(H,22,24)/b17-12+. The first-order valence-electron chi connectivity index (χ1n) is 8.17. The van der Waals surface area contributed by atoms with Gasteiger partial charge >= 0.3 is 11.9 Å². The molecule has 1 amide bonds. The molecule has 0 aliphatic heterocycles. The number of methoxy groups -OCH3 is 3. The highest BCUT2D eigenvalue weighted by molar-refractivity contribution is 6.04. The van der Waals surface area contributed by atoms with Crippen LogP contribution >= 0.6 is 0 Å². The van der Waals surface area contributed by atoms with Crippen LogP contribution in [0, 0.1) is 0 Å². The quantitative estimate of drug-likeness (QED) is 0.559. The predicted molar refractivity (Wildman–Crippen MR) is 103 cm³/mol. The molecule has 2 N–H and O–H groups in total. The summed E-state index contributed by atoms with van der Waals surface area (Å²) in [5.74, 6) is -1.04. The topological polar surface area (TPSA) is 103 Å². The van der Waals surface area contributed by atoms with Gasteiger partial charge in [-0.25, -0.2) is 9.59 Å². The molecule has 2 rings (SSSR count). The van der Waals surface area contributed by atoms with Crippen LogP contribution in [0.15, 0.2) is 60.3 Å². The zero-order valence-electron chi connectivity index (χ0n) is 15.6. The Bertz CT molecular complexity index is 873. The molecule has 2 aromatic carbocycles. The molecular weight excluding hydrogens is 364 g/mol. The number of benzene rings is 2. The Morgan fingerprint density at radius 2 is 1.36 bits per heavy atom. The minimum atomic E-state index is -0.730. The number of ether oxygens (including phenoxy) is 3. The van der Waals surface area contributed by atoms with E-state index in [1.54, 1.807) is 55.6 Å². The fourth-order valence-corrected chi connectivity index (χ4v) is 2.17. The Kier molecular flexibility index (Phi) is 7.15. The lowest BCUT2D eigenvalue weighted by Crippen LogP contribution is -2.16. The van der Waals surface area contributed by atoms with Crippen LogP contribution < -0.4 is 15.4 Å². The zero-order chi connectivity index (χ0) is 20.5. The van der Waals surface area contributed by atoms with Gasteiger partial charge in [0.1, 0.15) is 11.4 Å². The molecule has 8 heteroatoms. The summed E-state index contributed by atoms with van der Waals surface area (Å²) in [7, 11) is 3.96. The van der Waals surface area contributed by atoms with E-state index in [0.717, 1.165) is 6.08 Å². The van der Waals surface area contributed by atoms with Crippen molar-refractivity contribution in [1.82, 2.24) is 0 Å².